The number of benzene rings is 2. The molecule has 5 rings (SSSR count). The van der Waals surface area contributed by atoms with Gasteiger partial charge in [-0.15, -0.1) is 0 Å². The minimum absolute atomic E-state index is 0.00498. The average molecular weight is 448 g/mol. The largest absolute Gasteiger partial charge is 0.497 e. The highest BCUT2D eigenvalue weighted by molar-refractivity contribution is 5.94. The molecule has 0 atom stereocenters. The Bertz CT molecular complexity index is 1160. The number of nitrogens with one attached hydrogen (secondary N) is 2. The van der Waals surface area contributed by atoms with Crippen LogP contribution in [0.5, 0.6) is 11.5 Å². The van der Waals surface area contributed by atoms with Crippen LogP contribution in [0.4, 0.5) is 5.69 Å². The summed E-state index contributed by atoms with van der Waals surface area (Å²) in [7, 11) is 1.68. The van der Waals surface area contributed by atoms with Gasteiger partial charge in [0.2, 0.25) is 5.91 Å². The fourth-order valence-corrected chi connectivity index (χ4v) is 4.52. The average Bonchev–Trinajstić information content (AvgIpc) is 3.62. The Balaban J connectivity index is 1.14. The number of ether oxygens (including phenoxy) is 2. The summed E-state index contributed by atoms with van der Waals surface area (Å²) < 4.78 is 11.1. The molecular weight excluding hydrogens is 418 g/mol. The smallest absolute Gasteiger partial charge is 0.260 e. The van der Waals surface area contributed by atoms with Crippen LogP contribution in [0.15, 0.2) is 48.7 Å². The summed E-state index contributed by atoms with van der Waals surface area (Å²) in [4.78, 5) is 29.9. The number of aromatic nitrogens is 1. The third-order valence-corrected chi connectivity index (χ3v) is 6.62. The molecule has 2 heterocycles. The molecule has 1 saturated heterocycles. The monoisotopic (exact) mass is 447 g/mol. The van der Waals surface area contributed by atoms with Crippen LogP contribution in [0.3, 0.4) is 0 Å². The maximum atomic E-state index is 12.7. The zero-order chi connectivity index (χ0) is 22.8. The highest BCUT2D eigenvalue weighted by atomic mass is 16.5. The lowest BCUT2D eigenvalue weighted by molar-refractivity contribution is -0.134. The molecule has 0 spiro atoms. The van der Waals surface area contributed by atoms with Gasteiger partial charge in [-0.1, -0.05) is 6.07 Å². The molecule has 2 fully saturated rings. The van der Waals surface area contributed by atoms with Crippen molar-refractivity contribution in [3.63, 3.8) is 0 Å². The molecule has 33 heavy (non-hydrogen) atoms. The molecule has 172 valence electrons. The number of anilines is 1. The number of rotatable bonds is 7. The van der Waals surface area contributed by atoms with E-state index in [-0.39, 0.29) is 24.3 Å². The zero-order valence-corrected chi connectivity index (χ0v) is 18.8. The molecule has 3 aromatic rings. The van der Waals surface area contributed by atoms with Gasteiger partial charge in [0.15, 0.2) is 6.61 Å². The number of amides is 2. The van der Waals surface area contributed by atoms with Gasteiger partial charge in [0.25, 0.3) is 5.91 Å². The van der Waals surface area contributed by atoms with Crippen LogP contribution < -0.4 is 14.8 Å². The number of carbonyl (C=O) groups excluding carboxylic acids is 2. The predicted molar refractivity (Wildman–Crippen MR) is 127 cm³/mol. The second-order valence-electron chi connectivity index (χ2n) is 8.89. The van der Waals surface area contributed by atoms with Gasteiger partial charge in [-0.05, 0) is 67.5 Å². The van der Waals surface area contributed by atoms with Gasteiger partial charge in [0.1, 0.15) is 11.5 Å². The third-order valence-electron chi connectivity index (χ3n) is 6.62. The molecule has 1 aromatic heterocycles. The Labute approximate surface area is 193 Å². The van der Waals surface area contributed by atoms with E-state index >= 15 is 0 Å². The van der Waals surface area contributed by atoms with E-state index in [2.05, 4.69) is 22.6 Å². The minimum Gasteiger partial charge on any atom is -0.497 e. The van der Waals surface area contributed by atoms with Gasteiger partial charge >= 0.3 is 0 Å². The number of hydrogen-bond donors (Lipinski definition) is 2. The quantitative estimate of drug-likeness (QED) is 0.565. The lowest BCUT2D eigenvalue weighted by Crippen LogP contribution is -2.40. The molecule has 2 amide bonds. The maximum Gasteiger partial charge on any atom is 0.260 e. The lowest BCUT2D eigenvalue weighted by atomic mass is 9.89. The molecule has 0 unspecified atom stereocenters. The van der Waals surface area contributed by atoms with Gasteiger partial charge in [-0.3, -0.25) is 9.59 Å². The minimum atomic E-state index is -0.0125. The number of methoxy groups -OCH3 is 1. The summed E-state index contributed by atoms with van der Waals surface area (Å²) >= 11 is 0. The van der Waals surface area contributed by atoms with E-state index in [1.807, 2.05) is 29.2 Å². The van der Waals surface area contributed by atoms with Crippen molar-refractivity contribution in [2.75, 3.05) is 32.1 Å². The molecular formula is C26H29N3O4. The number of nitrogens with zero attached hydrogens (tertiary/aromatic N) is 1. The van der Waals surface area contributed by atoms with Gasteiger partial charge < -0.3 is 24.7 Å². The summed E-state index contributed by atoms with van der Waals surface area (Å²) in [6, 6.07) is 13.3. The first-order valence-electron chi connectivity index (χ1n) is 11.6. The highest BCUT2D eigenvalue weighted by Crippen LogP contribution is 2.35. The van der Waals surface area contributed by atoms with Crippen molar-refractivity contribution in [2.45, 2.75) is 31.6 Å². The number of hydrogen-bond acceptors (Lipinski definition) is 4. The van der Waals surface area contributed by atoms with E-state index in [1.165, 1.54) is 10.9 Å². The number of carbonyl (C=O) groups is 2. The van der Waals surface area contributed by atoms with Crippen LogP contribution in [0.25, 0.3) is 10.9 Å². The van der Waals surface area contributed by atoms with Gasteiger partial charge in [0.05, 0.1) is 7.11 Å². The summed E-state index contributed by atoms with van der Waals surface area (Å²) in [6.45, 7) is 1.41. The second-order valence-corrected chi connectivity index (χ2v) is 8.89. The van der Waals surface area contributed by atoms with Crippen molar-refractivity contribution >= 4 is 28.4 Å². The Morgan fingerprint density at radius 3 is 2.64 bits per heavy atom. The van der Waals surface area contributed by atoms with Crippen molar-refractivity contribution in [3.8, 4) is 11.5 Å². The van der Waals surface area contributed by atoms with Crippen molar-refractivity contribution in [1.82, 2.24) is 9.88 Å². The predicted octanol–water partition coefficient (Wildman–Crippen LogP) is 4.31. The van der Waals surface area contributed by atoms with Gasteiger partial charge in [0, 0.05) is 47.9 Å². The fraction of sp³-hybridized carbons (Fsp3) is 0.385. The topological polar surface area (TPSA) is 83.7 Å². The number of fused-ring (bicyclic) bond motifs is 1. The van der Waals surface area contributed by atoms with E-state index in [9.17, 15) is 9.59 Å². The van der Waals surface area contributed by atoms with Crippen LogP contribution in [-0.2, 0) is 9.59 Å². The van der Waals surface area contributed by atoms with Crippen LogP contribution in [0.1, 0.15) is 37.2 Å². The van der Waals surface area contributed by atoms with Crippen molar-refractivity contribution in [2.24, 2.45) is 5.92 Å². The zero-order valence-electron chi connectivity index (χ0n) is 18.8. The molecule has 2 aromatic carbocycles. The molecule has 0 bridgehead atoms. The third kappa shape index (κ3) is 4.82. The van der Waals surface area contributed by atoms with E-state index in [0.29, 0.717) is 30.4 Å². The summed E-state index contributed by atoms with van der Waals surface area (Å²) in [6.07, 6.45) is 5.84. The molecule has 2 N–H and O–H groups in total. The molecule has 1 aliphatic carbocycles. The number of aromatic amines is 1. The van der Waals surface area contributed by atoms with Crippen LogP contribution in [-0.4, -0.2) is 48.5 Å². The Kier molecular flexibility index (Phi) is 5.94. The molecule has 1 aliphatic heterocycles. The Morgan fingerprint density at radius 2 is 1.88 bits per heavy atom. The van der Waals surface area contributed by atoms with Crippen LogP contribution in [0, 0.1) is 5.92 Å². The number of piperidine rings is 1. The molecule has 7 heteroatoms. The summed E-state index contributed by atoms with van der Waals surface area (Å²) in [5, 5.41) is 4.10. The van der Waals surface area contributed by atoms with Gasteiger partial charge in [-0.25, -0.2) is 0 Å². The standard InChI is InChI=1S/C26H29N3O4/c1-32-20-7-8-24-22(14-20)23(15-27-24)17-9-11-29(12-10-17)25(30)16-33-21-4-2-3-19(13-21)28-26(31)18-5-6-18/h2-4,7-8,13-15,17-18,27H,5-6,9-12,16H2,1H3,(H,28,31). The van der Waals surface area contributed by atoms with E-state index in [1.54, 1.807) is 19.2 Å². The molecule has 1 saturated carbocycles. The first-order chi connectivity index (χ1) is 16.1. The van der Waals surface area contributed by atoms with Gasteiger partial charge in [-0.2, -0.15) is 0 Å². The Hall–Kier alpha value is -3.48. The summed E-state index contributed by atoms with van der Waals surface area (Å²) in [5.74, 6) is 2.03. The maximum absolute atomic E-state index is 12.7. The lowest BCUT2D eigenvalue weighted by Gasteiger charge is -2.32. The molecule has 7 nitrogen and oxygen atoms in total. The van der Waals surface area contributed by atoms with Crippen molar-refractivity contribution in [3.05, 3.63) is 54.2 Å². The normalized spacial score (nSPS) is 16.6. The molecule has 0 radical (unpaired) electrons. The second kappa shape index (κ2) is 9.17. The van der Waals surface area contributed by atoms with Crippen LogP contribution in [0.2, 0.25) is 0 Å². The van der Waals surface area contributed by atoms with Crippen LogP contribution >= 0.6 is 0 Å². The molecule has 2 aliphatic rings. The van der Waals surface area contributed by atoms with E-state index < -0.39 is 0 Å². The van der Waals surface area contributed by atoms with E-state index in [0.717, 1.165) is 36.9 Å². The fourth-order valence-electron chi connectivity index (χ4n) is 4.52. The highest BCUT2D eigenvalue weighted by Gasteiger charge is 2.29. The summed E-state index contributed by atoms with van der Waals surface area (Å²) in [5.41, 5.74) is 3.10. The number of likely N-dealkylation sites (tertiary alicyclic amines) is 1. The van der Waals surface area contributed by atoms with Crippen molar-refractivity contribution in [1.29, 1.82) is 0 Å². The Morgan fingerprint density at radius 1 is 1.06 bits per heavy atom. The SMILES string of the molecule is COc1ccc2[nH]cc(C3CCN(C(=O)COc4cccc(NC(=O)C5CC5)c4)CC3)c2c1. The first-order valence-corrected chi connectivity index (χ1v) is 11.6. The number of H-pyrrole nitrogens is 1. The van der Waals surface area contributed by atoms with Crippen molar-refractivity contribution < 1.29 is 19.1 Å². The first kappa shape index (κ1) is 21.4. The van der Waals surface area contributed by atoms with E-state index in [4.69, 9.17) is 9.47 Å².